The first-order valence-corrected chi connectivity index (χ1v) is 4.01. The molecule has 0 saturated heterocycles. The Morgan fingerprint density at radius 1 is 1.06 bits per heavy atom. The maximum atomic E-state index is 12.6. The first kappa shape index (κ1) is 14.0. The lowest BCUT2D eigenvalue weighted by atomic mass is 9.87. The van der Waals surface area contributed by atoms with Gasteiger partial charge in [0.25, 0.3) is 5.92 Å². The summed E-state index contributed by atoms with van der Waals surface area (Å²) in [6.45, 7) is 0. The largest absolute Gasteiger partial charge is 0.481 e. The Balaban J connectivity index is 3.30. The summed E-state index contributed by atoms with van der Waals surface area (Å²) in [5.41, 5.74) is -4.14. The highest BCUT2D eigenvalue weighted by atomic mass is 19.4. The number of carbonyl (C=O) groups is 1. The zero-order valence-corrected chi connectivity index (χ0v) is 7.66. The van der Waals surface area contributed by atoms with Crippen LogP contribution in [0.5, 0.6) is 0 Å². The molecule has 1 atom stereocenters. The van der Waals surface area contributed by atoms with Crippen molar-refractivity contribution in [3.63, 3.8) is 0 Å². The van der Waals surface area contributed by atoms with Gasteiger partial charge in [0.05, 0.1) is 0 Å². The van der Waals surface area contributed by atoms with Crippen LogP contribution in [0.25, 0.3) is 0 Å². The molecule has 1 aliphatic carbocycles. The van der Waals surface area contributed by atoms with Crippen molar-refractivity contribution in [2.75, 3.05) is 0 Å². The maximum absolute atomic E-state index is 12.6. The van der Waals surface area contributed by atoms with E-state index in [0.717, 1.165) is 0 Å². The molecule has 0 aromatic rings. The Bertz CT molecular complexity index is 329. The number of rotatable bonds is 2. The molecule has 0 bridgehead atoms. The number of alkyl halides is 8. The van der Waals surface area contributed by atoms with Crippen molar-refractivity contribution in [3.05, 3.63) is 0 Å². The first-order valence-electron chi connectivity index (χ1n) is 4.01. The van der Waals surface area contributed by atoms with Crippen LogP contribution in [0.2, 0.25) is 0 Å². The molecule has 10 heteroatoms. The minimum absolute atomic E-state index is 1.97. The van der Waals surface area contributed by atoms with Gasteiger partial charge in [-0.2, -0.15) is 26.3 Å². The monoisotopic (exact) mass is 272 g/mol. The average molecular weight is 272 g/mol. The molecule has 0 radical (unpaired) electrons. The molecule has 1 aliphatic rings. The predicted octanol–water partition coefficient (Wildman–Crippen LogP) is 2.84. The van der Waals surface area contributed by atoms with E-state index < -0.39 is 42.0 Å². The summed E-state index contributed by atoms with van der Waals surface area (Å²) in [5.74, 6) is -11.9. The van der Waals surface area contributed by atoms with Crippen LogP contribution >= 0.6 is 0 Å². The van der Waals surface area contributed by atoms with E-state index in [2.05, 4.69) is 0 Å². The lowest BCUT2D eigenvalue weighted by Gasteiger charge is -2.28. The molecule has 0 spiro atoms. The summed E-state index contributed by atoms with van der Waals surface area (Å²) in [6, 6.07) is 0. The second-order valence-electron chi connectivity index (χ2n) is 3.67. The topological polar surface area (TPSA) is 37.3 Å². The second kappa shape index (κ2) is 3.22. The van der Waals surface area contributed by atoms with Gasteiger partial charge >= 0.3 is 18.3 Å². The fourth-order valence-electron chi connectivity index (χ4n) is 1.72. The van der Waals surface area contributed by atoms with E-state index in [1.54, 1.807) is 0 Å². The van der Waals surface area contributed by atoms with E-state index in [1.165, 1.54) is 0 Å². The highest BCUT2D eigenvalue weighted by Gasteiger charge is 2.88. The Kier molecular flexibility index (Phi) is 2.65. The summed E-state index contributed by atoms with van der Waals surface area (Å²) in [4.78, 5) is 10.4. The van der Waals surface area contributed by atoms with E-state index in [-0.39, 0.29) is 0 Å². The van der Waals surface area contributed by atoms with Gasteiger partial charge in [0.15, 0.2) is 11.3 Å². The minimum atomic E-state index is -6.10. The van der Waals surface area contributed by atoms with E-state index in [0.29, 0.717) is 0 Å². The average Bonchev–Trinajstić information content (AvgIpc) is 2.47. The number of halogens is 8. The van der Waals surface area contributed by atoms with Gasteiger partial charge in [-0.25, -0.2) is 8.78 Å². The van der Waals surface area contributed by atoms with Gasteiger partial charge in [-0.3, -0.25) is 4.79 Å². The van der Waals surface area contributed by atoms with Crippen LogP contribution < -0.4 is 0 Å². The number of hydrogen-bond acceptors (Lipinski definition) is 1. The van der Waals surface area contributed by atoms with Gasteiger partial charge in [-0.05, 0) is 0 Å². The van der Waals surface area contributed by atoms with Crippen molar-refractivity contribution >= 4 is 5.97 Å². The summed E-state index contributed by atoms with van der Waals surface area (Å²) < 4.78 is 98.1. The summed E-state index contributed by atoms with van der Waals surface area (Å²) in [5, 5.41) is 8.26. The van der Waals surface area contributed by atoms with Crippen molar-refractivity contribution in [2.24, 2.45) is 11.3 Å². The zero-order chi connectivity index (χ0) is 13.9. The van der Waals surface area contributed by atoms with Crippen molar-refractivity contribution < 1.29 is 45.0 Å². The Hall–Kier alpha value is -1.09. The lowest BCUT2D eigenvalue weighted by molar-refractivity contribution is -0.309. The standard InChI is InChI=1S/C7H4F8O2/c8-5(9)1-4(5,3(16)17)2(6(10,11)12)7(13,14)15/h2H,1H2,(H,16,17). The molecular weight excluding hydrogens is 268 g/mol. The molecule has 0 aliphatic heterocycles. The summed E-state index contributed by atoms with van der Waals surface area (Å²) in [6.07, 6.45) is -14.2. The van der Waals surface area contributed by atoms with Gasteiger partial charge in [0, 0.05) is 6.42 Å². The molecule has 0 aromatic heterocycles. The van der Waals surface area contributed by atoms with Crippen molar-refractivity contribution in [2.45, 2.75) is 24.7 Å². The fourth-order valence-corrected chi connectivity index (χ4v) is 1.72. The minimum Gasteiger partial charge on any atom is -0.481 e. The van der Waals surface area contributed by atoms with Crippen LogP contribution in [-0.2, 0) is 4.79 Å². The Labute approximate surface area is 88.2 Å². The SMILES string of the molecule is O=C(O)C1(C(C(F)(F)F)C(F)(F)F)CC1(F)F. The number of aliphatic carboxylic acids is 1. The molecular formula is C7H4F8O2. The highest BCUT2D eigenvalue weighted by Crippen LogP contribution is 2.70. The molecule has 0 aromatic carbocycles. The van der Waals surface area contributed by atoms with Gasteiger partial charge in [0.1, 0.15) is 0 Å². The second-order valence-corrected chi connectivity index (χ2v) is 3.67. The van der Waals surface area contributed by atoms with E-state index in [9.17, 15) is 39.9 Å². The molecule has 1 fully saturated rings. The van der Waals surface area contributed by atoms with Crippen LogP contribution in [0.15, 0.2) is 0 Å². The Morgan fingerprint density at radius 2 is 1.35 bits per heavy atom. The molecule has 1 unspecified atom stereocenters. The fraction of sp³-hybridized carbons (Fsp3) is 0.857. The van der Waals surface area contributed by atoms with Gasteiger partial charge in [-0.15, -0.1) is 0 Å². The van der Waals surface area contributed by atoms with Crippen molar-refractivity contribution in [3.8, 4) is 0 Å². The van der Waals surface area contributed by atoms with Gasteiger partial charge < -0.3 is 5.11 Å². The van der Waals surface area contributed by atoms with Crippen molar-refractivity contribution in [1.29, 1.82) is 0 Å². The number of carboxylic acids is 1. The molecule has 17 heavy (non-hydrogen) atoms. The summed E-state index contributed by atoms with van der Waals surface area (Å²) >= 11 is 0. The Morgan fingerprint density at radius 3 is 1.41 bits per heavy atom. The van der Waals surface area contributed by atoms with Crippen LogP contribution in [0.1, 0.15) is 6.42 Å². The highest BCUT2D eigenvalue weighted by molar-refractivity contribution is 5.81. The summed E-state index contributed by atoms with van der Waals surface area (Å²) in [7, 11) is 0. The zero-order valence-electron chi connectivity index (χ0n) is 7.66. The van der Waals surface area contributed by atoms with E-state index >= 15 is 0 Å². The van der Waals surface area contributed by atoms with Crippen molar-refractivity contribution in [1.82, 2.24) is 0 Å². The van der Waals surface area contributed by atoms with Gasteiger partial charge in [0.2, 0.25) is 0 Å². The first-order chi connectivity index (χ1) is 7.27. The number of hydrogen-bond donors (Lipinski definition) is 1. The molecule has 1 N–H and O–H groups in total. The van der Waals surface area contributed by atoms with E-state index in [4.69, 9.17) is 5.11 Å². The van der Waals surface area contributed by atoms with E-state index in [1.807, 2.05) is 0 Å². The van der Waals surface area contributed by atoms with Crippen LogP contribution in [0, 0.1) is 11.3 Å². The quantitative estimate of drug-likeness (QED) is 0.785. The predicted molar refractivity (Wildman–Crippen MR) is 35.2 cm³/mol. The third-order valence-electron chi connectivity index (χ3n) is 2.56. The normalized spacial score (nSPS) is 28.3. The third-order valence-corrected chi connectivity index (χ3v) is 2.56. The maximum Gasteiger partial charge on any atom is 0.401 e. The molecule has 1 saturated carbocycles. The molecule has 1 rings (SSSR count). The molecule has 100 valence electrons. The molecule has 2 nitrogen and oxygen atoms in total. The molecule has 0 heterocycles. The lowest BCUT2D eigenvalue weighted by Crippen LogP contribution is -2.48. The smallest absolute Gasteiger partial charge is 0.401 e. The van der Waals surface area contributed by atoms with Crippen LogP contribution in [0.4, 0.5) is 35.1 Å². The van der Waals surface area contributed by atoms with Crippen LogP contribution in [-0.4, -0.2) is 29.4 Å². The van der Waals surface area contributed by atoms with Crippen LogP contribution in [0.3, 0.4) is 0 Å². The molecule has 0 amide bonds. The number of carboxylic acid groups (broad SMARTS) is 1. The van der Waals surface area contributed by atoms with Gasteiger partial charge in [-0.1, -0.05) is 0 Å². The third kappa shape index (κ3) is 1.93.